The molecule has 4 rings (SSSR count). The predicted molar refractivity (Wildman–Crippen MR) is 128 cm³/mol. The number of hydrogen-bond acceptors (Lipinski definition) is 3. The molecule has 0 bridgehead atoms. The number of nitrogens with zero attached hydrogens (tertiary/aromatic N) is 1. The number of para-hydroxylation sites is 1. The van der Waals surface area contributed by atoms with Crippen molar-refractivity contribution in [2.45, 2.75) is 44.0 Å². The van der Waals surface area contributed by atoms with Crippen molar-refractivity contribution in [1.82, 2.24) is 5.32 Å². The van der Waals surface area contributed by atoms with Crippen LogP contribution in [0.1, 0.15) is 38.7 Å². The van der Waals surface area contributed by atoms with E-state index in [1.807, 2.05) is 48.5 Å². The lowest BCUT2D eigenvalue weighted by molar-refractivity contribution is -0.123. The Labute approximate surface area is 193 Å². The largest absolute Gasteiger partial charge is 0.352 e. The number of amides is 2. The first-order valence-electron chi connectivity index (χ1n) is 10.8. The number of benzene rings is 2. The Hall–Kier alpha value is -2.24. The van der Waals surface area contributed by atoms with Crippen molar-refractivity contribution in [2.75, 3.05) is 11.4 Å². The molecule has 1 saturated carbocycles. The van der Waals surface area contributed by atoms with E-state index in [1.54, 1.807) is 11.0 Å². The van der Waals surface area contributed by atoms with Crippen molar-refractivity contribution in [2.24, 2.45) is 11.8 Å². The summed E-state index contributed by atoms with van der Waals surface area (Å²) in [5.41, 5.74) is 1.64. The highest BCUT2D eigenvalue weighted by Gasteiger charge is 2.32. The van der Waals surface area contributed by atoms with Gasteiger partial charge in [-0.25, -0.2) is 0 Å². The number of anilines is 1. The van der Waals surface area contributed by atoms with E-state index in [2.05, 4.69) is 19.2 Å². The molecule has 0 aromatic heterocycles. The van der Waals surface area contributed by atoms with Crippen LogP contribution in [-0.4, -0.2) is 24.4 Å². The van der Waals surface area contributed by atoms with Gasteiger partial charge in [0, 0.05) is 16.0 Å². The van der Waals surface area contributed by atoms with Gasteiger partial charge in [-0.2, -0.15) is 0 Å². The van der Waals surface area contributed by atoms with Crippen LogP contribution in [0.25, 0.3) is 6.08 Å². The Bertz CT molecular complexity index is 1020. The molecule has 1 heterocycles. The SMILES string of the molecule is C[C@H]1[C@H](C)CCC[C@H]1NC(=O)CN1C(=O)/C(=C\c2cccc(Cl)c2)Sc2ccccc21. The maximum atomic E-state index is 13.3. The van der Waals surface area contributed by atoms with E-state index < -0.39 is 0 Å². The smallest absolute Gasteiger partial charge is 0.265 e. The van der Waals surface area contributed by atoms with Crippen molar-refractivity contribution < 1.29 is 9.59 Å². The summed E-state index contributed by atoms with van der Waals surface area (Å²) in [6, 6.07) is 15.3. The van der Waals surface area contributed by atoms with Gasteiger partial charge >= 0.3 is 0 Å². The molecule has 4 nitrogen and oxygen atoms in total. The van der Waals surface area contributed by atoms with E-state index >= 15 is 0 Å². The standard InChI is InChI=1S/C25H27ClN2O2S/c1-16-7-5-10-20(17(16)2)27-24(29)15-28-21-11-3-4-12-22(21)31-23(25(28)30)14-18-8-6-9-19(26)13-18/h3-4,6,8-9,11-14,16-17,20H,5,7,10,15H2,1-2H3,(H,27,29)/b23-14+/t16-,17+,20-/m1/s1. The molecule has 1 fully saturated rings. The van der Waals surface area contributed by atoms with E-state index in [0.717, 1.165) is 29.0 Å². The Balaban J connectivity index is 1.57. The molecule has 162 valence electrons. The Kier molecular flexibility index (Phi) is 6.73. The van der Waals surface area contributed by atoms with Crippen LogP contribution in [0, 0.1) is 11.8 Å². The summed E-state index contributed by atoms with van der Waals surface area (Å²) in [7, 11) is 0. The molecule has 0 unspecified atom stereocenters. The molecular weight excluding hydrogens is 428 g/mol. The highest BCUT2D eigenvalue weighted by atomic mass is 35.5. The highest BCUT2D eigenvalue weighted by Crippen LogP contribution is 2.42. The fourth-order valence-corrected chi connectivity index (χ4v) is 5.61. The van der Waals surface area contributed by atoms with Gasteiger partial charge in [0.1, 0.15) is 6.54 Å². The minimum Gasteiger partial charge on any atom is -0.352 e. The summed E-state index contributed by atoms with van der Waals surface area (Å²) in [5.74, 6) is 0.767. The van der Waals surface area contributed by atoms with Crippen LogP contribution in [0.2, 0.25) is 5.02 Å². The van der Waals surface area contributed by atoms with Crippen LogP contribution in [0.15, 0.2) is 58.3 Å². The first-order valence-corrected chi connectivity index (χ1v) is 12.0. The number of thioether (sulfide) groups is 1. The van der Waals surface area contributed by atoms with Crippen LogP contribution in [0.3, 0.4) is 0 Å². The molecule has 0 radical (unpaired) electrons. The number of carbonyl (C=O) groups is 2. The second-order valence-corrected chi connectivity index (χ2v) is 9.99. The molecule has 0 saturated heterocycles. The zero-order chi connectivity index (χ0) is 22.0. The number of nitrogens with one attached hydrogen (secondary N) is 1. The third-order valence-corrected chi connectivity index (χ3v) is 7.65. The molecule has 31 heavy (non-hydrogen) atoms. The Morgan fingerprint density at radius 1 is 1.19 bits per heavy atom. The van der Waals surface area contributed by atoms with Crippen molar-refractivity contribution in [3.05, 3.63) is 64.0 Å². The molecule has 1 N–H and O–H groups in total. The monoisotopic (exact) mass is 454 g/mol. The number of halogens is 1. The van der Waals surface area contributed by atoms with Gasteiger partial charge in [-0.1, -0.05) is 74.3 Å². The Morgan fingerprint density at radius 3 is 2.81 bits per heavy atom. The lowest BCUT2D eigenvalue weighted by Crippen LogP contribution is -2.49. The first-order chi connectivity index (χ1) is 14.9. The number of hydrogen-bond donors (Lipinski definition) is 1. The second-order valence-electron chi connectivity index (χ2n) is 8.47. The summed E-state index contributed by atoms with van der Waals surface area (Å²) < 4.78 is 0. The zero-order valence-electron chi connectivity index (χ0n) is 17.8. The van der Waals surface area contributed by atoms with Gasteiger partial charge in [-0.05, 0) is 54.2 Å². The van der Waals surface area contributed by atoms with Gasteiger partial charge in [0.15, 0.2) is 0 Å². The number of carbonyl (C=O) groups excluding carboxylic acids is 2. The van der Waals surface area contributed by atoms with Crippen LogP contribution < -0.4 is 10.2 Å². The van der Waals surface area contributed by atoms with E-state index in [4.69, 9.17) is 11.6 Å². The van der Waals surface area contributed by atoms with E-state index in [1.165, 1.54) is 18.2 Å². The van der Waals surface area contributed by atoms with Gasteiger partial charge in [0.05, 0.1) is 10.6 Å². The number of fused-ring (bicyclic) bond motifs is 1. The average molecular weight is 455 g/mol. The molecule has 6 heteroatoms. The normalized spacial score (nSPS) is 24.7. The quantitative estimate of drug-likeness (QED) is 0.597. The van der Waals surface area contributed by atoms with Gasteiger partial charge < -0.3 is 5.32 Å². The van der Waals surface area contributed by atoms with Crippen LogP contribution in [-0.2, 0) is 9.59 Å². The minimum absolute atomic E-state index is 0.0148. The fourth-order valence-electron chi connectivity index (χ4n) is 4.35. The molecule has 3 atom stereocenters. The average Bonchev–Trinajstić information content (AvgIpc) is 2.74. The third-order valence-electron chi connectivity index (χ3n) is 6.33. The maximum Gasteiger partial charge on any atom is 0.265 e. The molecule has 1 aliphatic heterocycles. The summed E-state index contributed by atoms with van der Waals surface area (Å²) in [4.78, 5) is 29.4. The molecule has 0 spiro atoms. The van der Waals surface area contributed by atoms with E-state index in [9.17, 15) is 9.59 Å². The molecule has 2 aromatic rings. The van der Waals surface area contributed by atoms with Gasteiger partial charge in [-0.3, -0.25) is 14.5 Å². The summed E-state index contributed by atoms with van der Waals surface area (Å²) >= 11 is 7.54. The van der Waals surface area contributed by atoms with Crippen molar-refractivity contribution in [3.8, 4) is 0 Å². The number of rotatable bonds is 4. The van der Waals surface area contributed by atoms with E-state index in [-0.39, 0.29) is 24.4 Å². The zero-order valence-corrected chi connectivity index (χ0v) is 19.4. The maximum absolute atomic E-state index is 13.3. The highest BCUT2D eigenvalue weighted by molar-refractivity contribution is 8.04. The lowest BCUT2D eigenvalue weighted by Gasteiger charge is -2.35. The molecule has 2 aliphatic rings. The van der Waals surface area contributed by atoms with Crippen LogP contribution in [0.5, 0.6) is 0 Å². The van der Waals surface area contributed by atoms with Crippen LogP contribution >= 0.6 is 23.4 Å². The second kappa shape index (κ2) is 9.49. The van der Waals surface area contributed by atoms with Gasteiger partial charge in [0.25, 0.3) is 5.91 Å². The summed E-state index contributed by atoms with van der Waals surface area (Å²) in [5, 5.41) is 3.81. The summed E-state index contributed by atoms with van der Waals surface area (Å²) in [6.45, 7) is 4.47. The topological polar surface area (TPSA) is 49.4 Å². The summed E-state index contributed by atoms with van der Waals surface area (Å²) in [6.07, 6.45) is 5.17. The Morgan fingerprint density at radius 2 is 2.00 bits per heavy atom. The molecule has 2 amide bonds. The van der Waals surface area contributed by atoms with Gasteiger partial charge in [0.2, 0.25) is 5.91 Å². The fraction of sp³-hybridized carbons (Fsp3) is 0.360. The van der Waals surface area contributed by atoms with Crippen molar-refractivity contribution >= 4 is 46.9 Å². The molecule has 2 aromatic carbocycles. The van der Waals surface area contributed by atoms with Crippen molar-refractivity contribution in [1.29, 1.82) is 0 Å². The third kappa shape index (κ3) is 4.99. The van der Waals surface area contributed by atoms with Gasteiger partial charge in [-0.15, -0.1) is 0 Å². The molecule has 1 aliphatic carbocycles. The van der Waals surface area contributed by atoms with Crippen molar-refractivity contribution in [3.63, 3.8) is 0 Å². The lowest BCUT2D eigenvalue weighted by atomic mass is 9.78. The molecular formula is C25H27ClN2O2S. The van der Waals surface area contributed by atoms with E-state index in [0.29, 0.717) is 21.8 Å². The first kappa shape index (κ1) is 22.0. The van der Waals surface area contributed by atoms with Crippen LogP contribution in [0.4, 0.5) is 5.69 Å². The minimum atomic E-state index is -0.163. The predicted octanol–water partition coefficient (Wildman–Crippen LogP) is 5.76.